The molecule has 2 aliphatic heterocycles. The minimum Gasteiger partial charge on any atom is -0.379 e. The van der Waals surface area contributed by atoms with Gasteiger partial charge in [0, 0.05) is 37.4 Å². The second kappa shape index (κ2) is 9.49. The van der Waals surface area contributed by atoms with Gasteiger partial charge in [-0.15, -0.1) is 0 Å². The number of rotatable bonds is 5. The molecule has 0 aliphatic carbocycles. The number of nitrogens with one attached hydrogen (secondary N) is 2. The smallest absolute Gasteiger partial charge is 0.243 e. The number of thiocarbonyl (C=S) groups is 1. The van der Waals surface area contributed by atoms with Crippen LogP contribution >= 0.6 is 12.2 Å². The summed E-state index contributed by atoms with van der Waals surface area (Å²) in [6, 6.07) is 10.7. The number of halogens is 1. The van der Waals surface area contributed by atoms with Crippen molar-refractivity contribution in [1.82, 2.24) is 4.31 Å². The quantitative estimate of drug-likeness (QED) is 0.639. The highest BCUT2D eigenvalue weighted by atomic mass is 32.2. The maximum Gasteiger partial charge on any atom is 0.243 e. The van der Waals surface area contributed by atoms with Crippen LogP contribution in [0.1, 0.15) is 12.8 Å². The molecule has 0 spiro atoms. The number of morpholine rings is 1. The molecule has 8 nitrogen and oxygen atoms in total. The molecular weight excluding hydrogens is 455 g/mol. The van der Waals surface area contributed by atoms with Crippen LogP contribution in [0.4, 0.5) is 21.5 Å². The molecule has 2 heterocycles. The summed E-state index contributed by atoms with van der Waals surface area (Å²) in [5, 5.41) is 6.20. The first-order valence-corrected chi connectivity index (χ1v) is 12.1. The molecule has 2 fully saturated rings. The Morgan fingerprint density at radius 1 is 1.00 bits per heavy atom. The number of ether oxygens (including phenoxy) is 1. The van der Waals surface area contributed by atoms with Crippen molar-refractivity contribution >= 4 is 50.3 Å². The molecule has 2 aromatic rings. The summed E-state index contributed by atoms with van der Waals surface area (Å²) in [4.78, 5) is 13.6. The third-order valence-electron chi connectivity index (χ3n) is 5.29. The first kappa shape index (κ1) is 22.6. The molecule has 0 aromatic heterocycles. The SMILES string of the molecule is O=C1CCCN1c1cc(NC(=S)Nc2ccc(S(=O)(=O)N3CCOCC3)cc2)ccc1F. The van der Waals surface area contributed by atoms with Crippen LogP contribution in [0.15, 0.2) is 47.4 Å². The Bertz CT molecular complexity index is 1120. The summed E-state index contributed by atoms with van der Waals surface area (Å²) in [6.45, 7) is 1.92. The van der Waals surface area contributed by atoms with Crippen LogP contribution in [-0.2, 0) is 19.6 Å². The second-order valence-electron chi connectivity index (χ2n) is 7.44. The Kier molecular flexibility index (Phi) is 6.70. The van der Waals surface area contributed by atoms with E-state index in [1.165, 1.54) is 33.5 Å². The Morgan fingerprint density at radius 2 is 1.66 bits per heavy atom. The van der Waals surface area contributed by atoms with Gasteiger partial charge in [-0.05, 0) is 61.1 Å². The maximum atomic E-state index is 14.2. The molecule has 2 aliphatic rings. The lowest BCUT2D eigenvalue weighted by atomic mass is 10.2. The van der Waals surface area contributed by atoms with Crippen LogP contribution < -0.4 is 15.5 Å². The molecule has 4 rings (SSSR count). The molecule has 2 saturated heterocycles. The summed E-state index contributed by atoms with van der Waals surface area (Å²) in [6.07, 6.45) is 1.11. The number of hydrogen-bond donors (Lipinski definition) is 2. The number of carbonyl (C=O) groups is 1. The Morgan fingerprint density at radius 3 is 2.31 bits per heavy atom. The molecule has 32 heavy (non-hydrogen) atoms. The highest BCUT2D eigenvalue weighted by Crippen LogP contribution is 2.28. The monoisotopic (exact) mass is 478 g/mol. The van der Waals surface area contributed by atoms with Gasteiger partial charge in [0.2, 0.25) is 15.9 Å². The number of benzene rings is 2. The van der Waals surface area contributed by atoms with Gasteiger partial charge in [0.15, 0.2) is 5.11 Å². The van der Waals surface area contributed by atoms with Gasteiger partial charge in [-0.25, -0.2) is 12.8 Å². The van der Waals surface area contributed by atoms with Crippen molar-refractivity contribution in [3.05, 3.63) is 48.3 Å². The molecule has 11 heteroatoms. The first-order valence-electron chi connectivity index (χ1n) is 10.2. The predicted molar refractivity (Wildman–Crippen MR) is 124 cm³/mol. The highest BCUT2D eigenvalue weighted by Gasteiger charge is 2.26. The second-order valence-corrected chi connectivity index (χ2v) is 9.78. The van der Waals surface area contributed by atoms with Crippen LogP contribution in [0.25, 0.3) is 0 Å². The molecular formula is C21H23FN4O4S2. The molecule has 2 aromatic carbocycles. The molecule has 0 saturated carbocycles. The van der Waals surface area contributed by atoms with Crippen molar-refractivity contribution in [3.63, 3.8) is 0 Å². The molecule has 0 unspecified atom stereocenters. The highest BCUT2D eigenvalue weighted by molar-refractivity contribution is 7.89. The summed E-state index contributed by atoms with van der Waals surface area (Å²) in [5.41, 5.74) is 1.35. The van der Waals surface area contributed by atoms with E-state index in [1.807, 2.05) is 0 Å². The Hall–Kier alpha value is -2.60. The van der Waals surface area contributed by atoms with Gasteiger partial charge in [0.1, 0.15) is 5.82 Å². The standard InChI is InChI=1S/C21H23FN4O4S2/c22-18-8-5-16(14-19(18)26-9-1-2-20(26)27)24-21(31)23-15-3-6-17(7-4-15)32(28,29)25-10-12-30-13-11-25/h3-8,14H,1-2,9-13H2,(H2,23,24,31). The van der Waals surface area contributed by atoms with Crippen LogP contribution in [0, 0.1) is 5.82 Å². The summed E-state index contributed by atoms with van der Waals surface area (Å²) < 4.78 is 46.2. The minimum atomic E-state index is -3.57. The molecule has 0 radical (unpaired) electrons. The van der Waals surface area contributed by atoms with E-state index < -0.39 is 15.8 Å². The molecule has 2 N–H and O–H groups in total. The van der Waals surface area contributed by atoms with Crippen molar-refractivity contribution < 1.29 is 22.3 Å². The Balaban J connectivity index is 1.41. The summed E-state index contributed by atoms with van der Waals surface area (Å²) in [5.74, 6) is -0.574. The van der Waals surface area contributed by atoms with Crippen LogP contribution in [0.5, 0.6) is 0 Å². The normalized spacial score (nSPS) is 17.4. The fourth-order valence-corrected chi connectivity index (χ4v) is 5.28. The van der Waals surface area contributed by atoms with E-state index in [0.29, 0.717) is 57.1 Å². The van der Waals surface area contributed by atoms with Crippen molar-refractivity contribution in [2.24, 2.45) is 0 Å². The van der Waals surface area contributed by atoms with Crippen LogP contribution in [0.2, 0.25) is 0 Å². The summed E-state index contributed by atoms with van der Waals surface area (Å²) >= 11 is 5.32. The fraction of sp³-hybridized carbons (Fsp3) is 0.333. The predicted octanol–water partition coefficient (Wildman–Crippen LogP) is 2.78. The largest absolute Gasteiger partial charge is 0.379 e. The van der Waals surface area contributed by atoms with Crippen LogP contribution in [0.3, 0.4) is 0 Å². The van der Waals surface area contributed by atoms with Gasteiger partial charge < -0.3 is 20.3 Å². The zero-order chi connectivity index (χ0) is 22.7. The van der Waals surface area contributed by atoms with Gasteiger partial charge in [-0.3, -0.25) is 4.79 Å². The minimum absolute atomic E-state index is 0.103. The number of sulfonamides is 1. The summed E-state index contributed by atoms with van der Waals surface area (Å²) in [7, 11) is -3.57. The molecule has 0 atom stereocenters. The third-order valence-corrected chi connectivity index (χ3v) is 7.41. The lowest BCUT2D eigenvalue weighted by Gasteiger charge is -2.26. The van der Waals surface area contributed by atoms with Crippen molar-refractivity contribution in [1.29, 1.82) is 0 Å². The number of anilines is 3. The van der Waals surface area contributed by atoms with Gasteiger partial charge in [0.25, 0.3) is 0 Å². The van der Waals surface area contributed by atoms with E-state index in [4.69, 9.17) is 17.0 Å². The zero-order valence-corrected chi connectivity index (χ0v) is 18.8. The van der Waals surface area contributed by atoms with Gasteiger partial charge in [-0.1, -0.05) is 0 Å². The van der Waals surface area contributed by atoms with Gasteiger partial charge in [-0.2, -0.15) is 4.31 Å². The number of carbonyl (C=O) groups excluding carboxylic acids is 1. The van der Waals surface area contributed by atoms with Crippen molar-refractivity contribution in [2.75, 3.05) is 48.4 Å². The van der Waals surface area contributed by atoms with E-state index in [2.05, 4.69) is 10.6 Å². The third kappa shape index (κ3) is 4.90. The van der Waals surface area contributed by atoms with E-state index in [0.717, 1.165) is 0 Å². The average molecular weight is 479 g/mol. The van der Waals surface area contributed by atoms with E-state index in [-0.39, 0.29) is 21.6 Å². The lowest BCUT2D eigenvalue weighted by molar-refractivity contribution is -0.117. The number of hydrogen-bond acceptors (Lipinski definition) is 5. The maximum absolute atomic E-state index is 14.2. The molecule has 0 bridgehead atoms. The van der Waals surface area contributed by atoms with E-state index >= 15 is 0 Å². The number of nitrogens with zero attached hydrogens (tertiary/aromatic N) is 2. The molecule has 1 amide bonds. The lowest BCUT2D eigenvalue weighted by Crippen LogP contribution is -2.40. The fourth-order valence-electron chi connectivity index (χ4n) is 3.64. The number of amides is 1. The zero-order valence-electron chi connectivity index (χ0n) is 17.2. The average Bonchev–Trinajstić information content (AvgIpc) is 3.21. The van der Waals surface area contributed by atoms with Crippen molar-refractivity contribution in [2.45, 2.75) is 17.7 Å². The van der Waals surface area contributed by atoms with E-state index in [1.54, 1.807) is 18.2 Å². The Labute approximate surface area is 191 Å². The molecule has 170 valence electrons. The van der Waals surface area contributed by atoms with E-state index in [9.17, 15) is 17.6 Å². The van der Waals surface area contributed by atoms with Gasteiger partial charge in [0.05, 0.1) is 23.8 Å². The van der Waals surface area contributed by atoms with Crippen LogP contribution in [-0.4, -0.2) is 56.6 Å². The van der Waals surface area contributed by atoms with Crippen molar-refractivity contribution in [3.8, 4) is 0 Å². The van der Waals surface area contributed by atoms with Gasteiger partial charge >= 0.3 is 0 Å². The first-order chi connectivity index (χ1) is 15.3. The topological polar surface area (TPSA) is 91.0 Å².